The minimum absolute atomic E-state index is 0.186. The van der Waals surface area contributed by atoms with Crippen LogP contribution in [-0.2, 0) is 16.1 Å². The van der Waals surface area contributed by atoms with E-state index >= 15 is 0 Å². The zero-order chi connectivity index (χ0) is 13.5. The number of aromatic nitrogens is 3. The van der Waals surface area contributed by atoms with Gasteiger partial charge in [-0.2, -0.15) is 5.10 Å². The molecule has 0 aliphatic carbocycles. The van der Waals surface area contributed by atoms with Gasteiger partial charge in [-0.3, -0.25) is 9.48 Å². The average Bonchev–Trinajstić information content (AvgIpc) is 2.77. The van der Waals surface area contributed by atoms with E-state index in [1.807, 2.05) is 13.8 Å². The van der Waals surface area contributed by atoms with Gasteiger partial charge in [0.25, 0.3) is 0 Å². The second-order valence-corrected chi connectivity index (χ2v) is 4.50. The van der Waals surface area contributed by atoms with E-state index in [4.69, 9.17) is 5.11 Å². The number of nitrogens with zero attached hydrogens (tertiary/aromatic N) is 3. The summed E-state index contributed by atoms with van der Waals surface area (Å²) in [4.78, 5) is 26.3. The lowest BCUT2D eigenvalue weighted by molar-refractivity contribution is -0.142. The van der Waals surface area contributed by atoms with Crippen LogP contribution in [0.1, 0.15) is 26.7 Å². The van der Waals surface area contributed by atoms with Crippen molar-refractivity contribution < 1.29 is 14.7 Å². The molecular formula is C11H18N4O3. The van der Waals surface area contributed by atoms with Gasteiger partial charge in [-0.25, -0.2) is 9.78 Å². The van der Waals surface area contributed by atoms with Gasteiger partial charge in [0.2, 0.25) is 5.91 Å². The van der Waals surface area contributed by atoms with E-state index in [1.165, 1.54) is 17.3 Å². The molecule has 1 rings (SSSR count). The van der Waals surface area contributed by atoms with Crippen LogP contribution in [0.25, 0.3) is 0 Å². The third kappa shape index (κ3) is 4.94. The molecule has 0 aliphatic rings. The standard InChI is InChI=1S/C11H18N4O3/c1-8(2)5-9(11(17)18)14-10(16)3-4-15-7-12-6-13-15/h6-9H,3-5H2,1-2H3,(H,14,16)(H,17,18). The van der Waals surface area contributed by atoms with Crippen LogP contribution in [0.15, 0.2) is 12.7 Å². The van der Waals surface area contributed by atoms with E-state index < -0.39 is 12.0 Å². The number of carbonyl (C=O) groups excluding carboxylic acids is 1. The van der Waals surface area contributed by atoms with Crippen molar-refractivity contribution in [2.45, 2.75) is 39.3 Å². The van der Waals surface area contributed by atoms with Crippen molar-refractivity contribution in [3.8, 4) is 0 Å². The van der Waals surface area contributed by atoms with Crippen molar-refractivity contribution in [3.63, 3.8) is 0 Å². The van der Waals surface area contributed by atoms with Gasteiger partial charge in [0, 0.05) is 6.42 Å². The fourth-order valence-corrected chi connectivity index (χ4v) is 1.52. The molecule has 7 nitrogen and oxygen atoms in total. The molecule has 0 spiro atoms. The summed E-state index contributed by atoms with van der Waals surface area (Å²) in [6.45, 7) is 4.22. The number of hydrogen-bond donors (Lipinski definition) is 2. The Morgan fingerprint density at radius 2 is 2.17 bits per heavy atom. The Morgan fingerprint density at radius 1 is 1.44 bits per heavy atom. The van der Waals surface area contributed by atoms with Crippen LogP contribution in [0, 0.1) is 5.92 Å². The molecule has 1 unspecified atom stereocenters. The summed E-state index contributed by atoms with van der Waals surface area (Å²) in [5.74, 6) is -1.09. The molecule has 2 N–H and O–H groups in total. The van der Waals surface area contributed by atoms with E-state index in [0.29, 0.717) is 13.0 Å². The van der Waals surface area contributed by atoms with Gasteiger partial charge < -0.3 is 10.4 Å². The molecule has 0 aromatic carbocycles. The van der Waals surface area contributed by atoms with Crippen LogP contribution in [-0.4, -0.2) is 37.8 Å². The number of hydrogen-bond acceptors (Lipinski definition) is 4. The largest absolute Gasteiger partial charge is 0.480 e. The second-order valence-electron chi connectivity index (χ2n) is 4.50. The Bertz CT molecular complexity index is 389. The van der Waals surface area contributed by atoms with Gasteiger partial charge in [0.15, 0.2) is 0 Å². The molecule has 1 atom stereocenters. The molecule has 1 aromatic heterocycles. The summed E-state index contributed by atoms with van der Waals surface area (Å²) in [6, 6.07) is -0.826. The number of amides is 1. The highest BCUT2D eigenvalue weighted by molar-refractivity contribution is 5.83. The molecule has 0 saturated carbocycles. The van der Waals surface area contributed by atoms with Crippen LogP contribution in [0.4, 0.5) is 0 Å². The lowest BCUT2D eigenvalue weighted by atomic mass is 10.0. The molecule has 100 valence electrons. The molecule has 18 heavy (non-hydrogen) atoms. The summed E-state index contributed by atoms with van der Waals surface area (Å²) >= 11 is 0. The third-order valence-electron chi connectivity index (χ3n) is 2.37. The van der Waals surface area contributed by atoms with Gasteiger partial charge in [0.1, 0.15) is 18.7 Å². The second kappa shape index (κ2) is 6.73. The average molecular weight is 254 g/mol. The summed E-state index contributed by atoms with van der Waals surface area (Å²) in [6.07, 6.45) is 3.50. The summed E-state index contributed by atoms with van der Waals surface area (Å²) in [5, 5.41) is 15.4. The fourth-order valence-electron chi connectivity index (χ4n) is 1.52. The Hall–Kier alpha value is -1.92. The number of carboxylic acids is 1. The molecular weight excluding hydrogens is 236 g/mol. The Labute approximate surface area is 105 Å². The van der Waals surface area contributed by atoms with E-state index in [9.17, 15) is 9.59 Å². The van der Waals surface area contributed by atoms with E-state index in [2.05, 4.69) is 15.4 Å². The number of aryl methyl sites for hydroxylation is 1. The van der Waals surface area contributed by atoms with Crippen LogP contribution < -0.4 is 5.32 Å². The SMILES string of the molecule is CC(C)CC(NC(=O)CCn1cncn1)C(=O)O. The predicted molar refractivity (Wildman–Crippen MR) is 63.7 cm³/mol. The minimum Gasteiger partial charge on any atom is -0.480 e. The number of carbonyl (C=O) groups is 2. The maximum Gasteiger partial charge on any atom is 0.326 e. The maximum absolute atomic E-state index is 11.6. The van der Waals surface area contributed by atoms with Crippen LogP contribution >= 0.6 is 0 Å². The van der Waals surface area contributed by atoms with Crippen molar-refractivity contribution in [1.29, 1.82) is 0 Å². The molecule has 0 radical (unpaired) electrons. The number of aliphatic carboxylic acids is 1. The highest BCUT2D eigenvalue weighted by Crippen LogP contribution is 2.05. The van der Waals surface area contributed by atoms with Crippen LogP contribution in [0.2, 0.25) is 0 Å². The monoisotopic (exact) mass is 254 g/mol. The summed E-state index contributed by atoms with van der Waals surface area (Å²) in [5.41, 5.74) is 0. The van der Waals surface area contributed by atoms with E-state index in [-0.39, 0.29) is 18.2 Å². The summed E-state index contributed by atoms with van der Waals surface area (Å²) < 4.78 is 1.53. The minimum atomic E-state index is -1.00. The number of carboxylic acid groups (broad SMARTS) is 1. The smallest absolute Gasteiger partial charge is 0.326 e. The van der Waals surface area contributed by atoms with Gasteiger partial charge in [0.05, 0.1) is 6.54 Å². The topological polar surface area (TPSA) is 97.1 Å². The highest BCUT2D eigenvalue weighted by Gasteiger charge is 2.20. The first-order valence-corrected chi connectivity index (χ1v) is 5.83. The van der Waals surface area contributed by atoms with Gasteiger partial charge in [-0.05, 0) is 12.3 Å². The number of rotatable bonds is 7. The molecule has 0 bridgehead atoms. The first-order chi connectivity index (χ1) is 8.49. The molecule has 0 saturated heterocycles. The van der Waals surface area contributed by atoms with E-state index in [0.717, 1.165) is 0 Å². The molecule has 1 aromatic rings. The van der Waals surface area contributed by atoms with Crippen molar-refractivity contribution in [3.05, 3.63) is 12.7 Å². The molecule has 7 heteroatoms. The van der Waals surface area contributed by atoms with Gasteiger partial charge in [-0.1, -0.05) is 13.8 Å². The van der Waals surface area contributed by atoms with E-state index in [1.54, 1.807) is 0 Å². The fraction of sp³-hybridized carbons (Fsp3) is 0.636. The van der Waals surface area contributed by atoms with Gasteiger partial charge >= 0.3 is 5.97 Å². The Morgan fingerprint density at radius 3 is 2.67 bits per heavy atom. The highest BCUT2D eigenvalue weighted by atomic mass is 16.4. The Balaban J connectivity index is 2.39. The lowest BCUT2D eigenvalue weighted by Gasteiger charge is -2.16. The molecule has 1 amide bonds. The van der Waals surface area contributed by atoms with Crippen LogP contribution in [0.3, 0.4) is 0 Å². The predicted octanol–water partition coefficient (Wildman–Crippen LogP) is 0.284. The third-order valence-corrected chi connectivity index (χ3v) is 2.37. The number of nitrogens with one attached hydrogen (secondary N) is 1. The zero-order valence-corrected chi connectivity index (χ0v) is 10.5. The first-order valence-electron chi connectivity index (χ1n) is 5.83. The zero-order valence-electron chi connectivity index (χ0n) is 10.5. The normalized spacial score (nSPS) is 12.4. The van der Waals surface area contributed by atoms with Crippen LogP contribution in [0.5, 0.6) is 0 Å². The van der Waals surface area contributed by atoms with Crippen molar-refractivity contribution in [2.75, 3.05) is 0 Å². The Kier molecular flexibility index (Phi) is 5.29. The lowest BCUT2D eigenvalue weighted by Crippen LogP contribution is -2.41. The first kappa shape index (κ1) is 14.1. The van der Waals surface area contributed by atoms with Crippen molar-refractivity contribution in [1.82, 2.24) is 20.1 Å². The van der Waals surface area contributed by atoms with Crippen molar-refractivity contribution in [2.24, 2.45) is 5.92 Å². The van der Waals surface area contributed by atoms with Crippen molar-refractivity contribution >= 4 is 11.9 Å². The molecule has 0 aliphatic heterocycles. The molecule has 0 fully saturated rings. The maximum atomic E-state index is 11.6. The quantitative estimate of drug-likeness (QED) is 0.728. The molecule has 1 heterocycles. The summed E-state index contributed by atoms with van der Waals surface area (Å²) in [7, 11) is 0. The van der Waals surface area contributed by atoms with Gasteiger partial charge in [-0.15, -0.1) is 0 Å².